The van der Waals surface area contributed by atoms with Gasteiger partial charge in [0.2, 0.25) is 0 Å². The van der Waals surface area contributed by atoms with Crippen molar-refractivity contribution >= 4 is 28.6 Å². The van der Waals surface area contributed by atoms with Crippen molar-refractivity contribution in [3.63, 3.8) is 0 Å². The summed E-state index contributed by atoms with van der Waals surface area (Å²) in [5.41, 5.74) is 3.50. The van der Waals surface area contributed by atoms with E-state index in [0.717, 1.165) is 34.1 Å². The maximum atomic E-state index is 13.6. The summed E-state index contributed by atoms with van der Waals surface area (Å²) in [6, 6.07) is 7.04. The molecule has 0 saturated heterocycles. The number of cyclic esters (lactones) is 1. The number of hydrogen-bond acceptors (Lipinski definition) is 7. The van der Waals surface area contributed by atoms with Crippen LogP contribution >= 0.6 is 11.8 Å². The van der Waals surface area contributed by atoms with Gasteiger partial charge in [0.05, 0.1) is 29.0 Å². The highest BCUT2D eigenvalue weighted by Crippen LogP contribution is 2.43. The standard InChI is InChI=1S/C25H26N2O5S/c1-5-15-16-9-14(28)7-8-20(16)26-22-17(15)11-27-21(22)10-19-18(23(27)29)12-31-24(30)25(19,6-2)32-13(3)33-4/h7-10,13,28H,5-6,11-12H2,1-4H3. The minimum absolute atomic E-state index is 0.0632. The summed E-state index contributed by atoms with van der Waals surface area (Å²) in [7, 11) is 0. The fourth-order valence-electron chi connectivity index (χ4n) is 5.07. The molecule has 2 aliphatic heterocycles. The number of nitrogens with zero attached hydrogens (tertiary/aromatic N) is 2. The van der Waals surface area contributed by atoms with Crippen molar-refractivity contribution in [1.82, 2.24) is 9.55 Å². The summed E-state index contributed by atoms with van der Waals surface area (Å²) >= 11 is 1.49. The SMILES string of the molecule is CCc1c2c(nc3ccc(O)cc13)-c1cc3c(c(=O)n1C2)COC(=O)C3(CC)OC(C)SC. The van der Waals surface area contributed by atoms with Gasteiger partial charge >= 0.3 is 5.97 Å². The second-order valence-electron chi connectivity index (χ2n) is 8.46. The number of rotatable bonds is 5. The van der Waals surface area contributed by atoms with Gasteiger partial charge in [-0.25, -0.2) is 9.78 Å². The number of hydrogen-bond donors (Lipinski definition) is 1. The molecule has 2 unspecified atom stereocenters. The first kappa shape index (κ1) is 22.0. The van der Waals surface area contributed by atoms with Crippen LogP contribution in [0.25, 0.3) is 22.3 Å². The van der Waals surface area contributed by atoms with Gasteiger partial charge in [0.1, 0.15) is 17.8 Å². The average molecular weight is 467 g/mol. The van der Waals surface area contributed by atoms with Crippen molar-refractivity contribution in [3.05, 3.63) is 56.9 Å². The first-order valence-corrected chi connectivity index (χ1v) is 12.4. The molecule has 5 rings (SSSR count). The maximum Gasteiger partial charge on any atom is 0.343 e. The van der Waals surface area contributed by atoms with Gasteiger partial charge in [-0.1, -0.05) is 13.8 Å². The van der Waals surface area contributed by atoms with Gasteiger partial charge in [0, 0.05) is 16.5 Å². The number of benzene rings is 1. The van der Waals surface area contributed by atoms with Crippen LogP contribution in [0.3, 0.4) is 0 Å². The predicted octanol–water partition coefficient (Wildman–Crippen LogP) is 4.08. The highest BCUT2D eigenvalue weighted by Gasteiger charge is 2.49. The molecule has 0 spiro atoms. The predicted molar refractivity (Wildman–Crippen MR) is 127 cm³/mol. The monoisotopic (exact) mass is 466 g/mol. The Bertz CT molecular complexity index is 1370. The summed E-state index contributed by atoms with van der Waals surface area (Å²) in [5, 5.41) is 10.9. The highest BCUT2D eigenvalue weighted by atomic mass is 32.2. The van der Waals surface area contributed by atoms with Gasteiger partial charge in [0.25, 0.3) is 5.56 Å². The number of carbonyl (C=O) groups is 1. The fourth-order valence-corrected chi connectivity index (χ4v) is 5.33. The molecule has 0 bridgehead atoms. The van der Waals surface area contributed by atoms with Crippen molar-refractivity contribution in [3.8, 4) is 17.1 Å². The van der Waals surface area contributed by atoms with Gasteiger partial charge in [-0.3, -0.25) is 4.79 Å². The molecule has 4 heterocycles. The third-order valence-electron chi connectivity index (χ3n) is 6.81. The summed E-state index contributed by atoms with van der Waals surface area (Å²) in [4.78, 5) is 31.5. The second-order valence-corrected chi connectivity index (χ2v) is 9.60. The van der Waals surface area contributed by atoms with Crippen molar-refractivity contribution in [1.29, 1.82) is 0 Å². The number of esters is 1. The summed E-state index contributed by atoms with van der Waals surface area (Å²) < 4.78 is 13.4. The lowest BCUT2D eigenvalue weighted by atomic mass is 9.85. The zero-order valence-electron chi connectivity index (χ0n) is 19.1. The van der Waals surface area contributed by atoms with Crippen LogP contribution in [0, 0.1) is 0 Å². The lowest BCUT2D eigenvalue weighted by Gasteiger charge is -2.37. The Morgan fingerprint density at radius 2 is 2.06 bits per heavy atom. The second kappa shape index (κ2) is 7.88. The smallest absolute Gasteiger partial charge is 0.343 e. The number of carbonyl (C=O) groups excluding carboxylic acids is 1. The molecule has 2 aliphatic rings. The number of ether oxygens (including phenoxy) is 2. The van der Waals surface area contributed by atoms with Gasteiger partial charge < -0.3 is 19.1 Å². The Hall–Kier alpha value is -2.84. The number of aromatic nitrogens is 2. The number of fused-ring (bicyclic) bond motifs is 5. The van der Waals surface area contributed by atoms with Crippen molar-refractivity contribution < 1.29 is 19.4 Å². The fraction of sp³-hybridized carbons (Fsp3) is 0.400. The molecular formula is C25H26N2O5S. The molecule has 2 aromatic heterocycles. The van der Waals surface area contributed by atoms with Crippen LogP contribution in [0.1, 0.15) is 49.4 Å². The van der Waals surface area contributed by atoms with Crippen LogP contribution in [0.15, 0.2) is 29.1 Å². The molecule has 1 aromatic carbocycles. The topological polar surface area (TPSA) is 90.7 Å². The summed E-state index contributed by atoms with van der Waals surface area (Å²) in [6.07, 6.45) is 3.00. The van der Waals surface area contributed by atoms with Crippen LogP contribution in [0.5, 0.6) is 5.75 Å². The maximum absolute atomic E-state index is 13.6. The van der Waals surface area contributed by atoms with Crippen molar-refractivity contribution in [2.45, 2.75) is 57.8 Å². The van der Waals surface area contributed by atoms with Crippen LogP contribution < -0.4 is 5.56 Å². The first-order chi connectivity index (χ1) is 15.8. The van der Waals surface area contributed by atoms with Crippen LogP contribution in [-0.4, -0.2) is 32.3 Å². The Morgan fingerprint density at radius 1 is 1.27 bits per heavy atom. The van der Waals surface area contributed by atoms with E-state index >= 15 is 0 Å². The largest absolute Gasteiger partial charge is 0.508 e. The van der Waals surface area contributed by atoms with Crippen molar-refractivity contribution in [2.24, 2.45) is 0 Å². The molecular weight excluding hydrogens is 440 g/mol. The molecule has 0 fully saturated rings. The molecule has 1 N–H and O–H groups in total. The van der Waals surface area contributed by atoms with E-state index in [-0.39, 0.29) is 23.4 Å². The summed E-state index contributed by atoms with van der Waals surface area (Å²) in [5.74, 6) is -0.275. The minimum atomic E-state index is -1.33. The van der Waals surface area contributed by atoms with Gasteiger partial charge in [-0.05, 0) is 55.9 Å². The first-order valence-electron chi connectivity index (χ1n) is 11.1. The summed E-state index contributed by atoms with van der Waals surface area (Å²) in [6.45, 7) is 6.15. The molecule has 2 atom stereocenters. The quantitative estimate of drug-likeness (QED) is 0.350. The van der Waals surface area contributed by atoms with E-state index in [9.17, 15) is 14.7 Å². The zero-order valence-corrected chi connectivity index (χ0v) is 19.9. The molecule has 33 heavy (non-hydrogen) atoms. The van der Waals surface area contributed by atoms with E-state index in [1.165, 1.54) is 11.8 Å². The Balaban J connectivity index is 1.79. The van der Waals surface area contributed by atoms with E-state index in [1.807, 2.05) is 26.2 Å². The number of phenols is 1. The molecule has 172 valence electrons. The normalized spacial score (nSPS) is 19.7. The van der Waals surface area contributed by atoms with E-state index in [1.54, 1.807) is 22.8 Å². The Labute approximate surface area is 195 Å². The Morgan fingerprint density at radius 3 is 2.76 bits per heavy atom. The Kier molecular flexibility index (Phi) is 5.25. The number of thioether (sulfide) groups is 1. The third kappa shape index (κ3) is 3.11. The lowest BCUT2D eigenvalue weighted by Crippen LogP contribution is -2.47. The zero-order chi connectivity index (χ0) is 23.5. The van der Waals surface area contributed by atoms with E-state index in [4.69, 9.17) is 14.5 Å². The van der Waals surface area contributed by atoms with Crippen molar-refractivity contribution in [2.75, 3.05) is 6.26 Å². The van der Waals surface area contributed by atoms with Crippen LogP contribution in [0.2, 0.25) is 0 Å². The van der Waals surface area contributed by atoms with Crippen LogP contribution in [-0.2, 0) is 39.4 Å². The third-order valence-corrected chi connectivity index (χ3v) is 7.57. The lowest BCUT2D eigenvalue weighted by molar-refractivity contribution is -0.182. The number of pyridine rings is 2. The molecule has 7 nitrogen and oxygen atoms in total. The number of phenolic OH excluding ortho intramolecular Hbond substituents is 1. The molecule has 0 aliphatic carbocycles. The van der Waals surface area contributed by atoms with Gasteiger partial charge in [-0.15, -0.1) is 11.8 Å². The number of aryl methyl sites for hydroxylation is 1. The van der Waals surface area contributed by atoms with Gasteiger partial charge in [-0.2, -0.15) is 0 Å². The molecule has 0 amide bonds. The molecule has 0 saturated carbocycles. The molecule has 0 radical (unpaired) electrons. The van der Waals surface area contributed by atoms with Crippen LogP contribution in [0.4, 0.5) is 0 Å². The molecule has 3 aromatic rings. The van der Waals surface area contributed by atoms with E-state index < -0.39 is 11.6 Å². The molecule has 8 heteroatoms. The minimum Gasteiger partial charge on any atom is -0.508 e. The number of aromatic hydroxyl groups is 1. The van der Waals surface area contributed by atoms with E-state index in [2.05, 4.69) is 6.92 Å². The highest BCUT2D eigenvalue weighted by molar-refractivity contribution is 7.99. The average Bonchev–Trinajstić information content (AvgIpc) is 3.18. The van der Waals surface area contributed by atoms with Gasteiger partial charge in [0.15, 0.2) is 5.60 Å². The van der Waals surface area contributed by atoms with E-state index in [0.29, 0.717) is 29.8 Å².